The predicted octanol–water partition coefficient (Wildman–Crippen LogP) is -2.45. The number of carboxylic acids is 1. The van der Waals surface area contributed by atoms with Crippen molar-refractivity contribution in [2.75, 3.05) is 39.3 Å². The first-order chi connectivity index (χ1) is 29.5. The number of aliphatic carboxylic acids is 1. The summed E-state index contributed by atoms with van der Waals surface area (Å²) in [7, 11) is 0. The largest absolute Gasteiger partial charge is 0.508 e. The number of aromatic hydroxyl groups is 1. The molecule has 1 aromatic rings. The van der Waals surface area contributed by atoms with Crippen molar-refractivity contribution in [1.29, 1.82) is 0 Å². The molecule has 21 nitrogen and oxygen atoms in total. The van der Waals surface area contributed by atoms with Crippen LogP contribution in [-0.4, -0.2) is 138 Å². The van der Waals surface area contributed by atoms with Crippen LogP contribution in [0.3, 0.4) is 0 Å². The highest BCUT2D eigenvalue weighted by atomic mass is 16.4. The van der Waals surface area contributed by atoms with Crippen LogP contribution in [0.25, 0.3) is 0 Å². The Bertz CT molecular complexity index is 1630. The summed E-state index contributed by atoms with van der Waals surface area (Å²) in [6.07, 6.45) is 4.58. The first-order valence-electron chi connectivity index (χ1n) is 21.4. The van der Waals surface area contributed by atoms with E-state index in [9.17, 15) is 48.6 Å². The van der Waals surface area contributed by atoms with Crippen molar-refractivity contribution in [1.82, 2.24) is 36.8 Å². The average Bonchev–Trinajstić information content (AvgIpc) is 3.73. The van der Waals surface area contributed by atoms with Gasteiger partial charge in [0, 0.05) is 6.54 Å². The molecule has 1 aliphatic heterocycles. The second-order valence-corrected chi connectivity index (χ2v) is 15.8. The number of carboxylic acid groups (broad SMARTS) is 1. The molecule has 348 valence electrons. The Balaban J connectivity index is 2.05. The second-order valence-electron chi connectivity index (χ2n) is 15.8. The highest BCUT2D eigenvalue weighted by molar-refractivity contribution is 5.96. The van der Waals surface area contributed by atoms with Crippen LogP contribution < -0.4 is 54.8 Å². The van der Waals surface area contributed by atoms with E-state index >= 15 is 0 Å². The van der Waals surface area contributed by atoms with Gasteiger partial charge in [-0.1, -0.05) is 26.0 Å². The maximum absolute atomic E-state index is 13.9. The number of nitrogens with one attached hydrogen (secondary N) is 6. The van der Waals surface area contributed by atoms with E-state index < -0.39 is 103 Å². The molecule has 7 amide bonds. The molecule has 1 fully saturated rings. The van der Waals surface area contributed by atoms with E-state index in [1.165, 1.54) is 17.0 Å². The lowest BCUT2D eigenvalue weighted by Crippen LogP contribution is -2.58. The topological polar surface area (TPSA) is 357 Å². The van der Waals surface area contributed by atoms with Crippen molar-refractivity contribution < 1.29 is 48.6 Å². The Labute approximate surface area is 362 Å². The zero-order chi connectivity index (χ0) is 46.2. The fourth-order valence-electron chi connectivity index (χ4n) is 6.87. The lowest BCUT2D eigenvalue weighted by molar-refractivity contribution is -0.142. The third kappa shape index (κ3) is 18.7. The van der Waals surface area contributed by atoms with E-state index in [4.69, 9.17) is 22.9 Å². The lowest BCUT2D eigenvalue weighted by Gasteiger charge is -2.30. The fraction of sp³-hybridized carbons (Fsp3) is 0.659. The van der Waals surface area contributed by atoms with E-state index in [1.54, 1.807) is 26.0 Å². The van der Waals surface area contributed by atoms with Crippen LogP contribution in [-0.2, 0) is 44.8 Å². The molecule has 1 saturated heterocycles. The van der Waals surface area contributed by atoms with Gasteiger partial charge in [-0.05, 0) is 120 Å². The monoisotopic (exact) mass is 876 g/mol. The molecule has 62 heavy (non-hydrogen) atoms. The normalized spacial score (nSPS) is 16.0. The van der Waals surface area contributed by atoms with Crippen molar-refractivity contribution >= 4 is 47.3 Å². The van der Waals surface area contributed by atoms with E-state index in [2.05, 4.69) is 31.9 Å². The molecular weight excluding hydrogens is 807 g/mol. The van der Waals surface area contributed by atoms with Crippen molar-refractivity contribution in [2.24, 2.45) is 28.9 Å². The number of phenols is 1. The highest BCUT2D eigenvalue weighted by Crippen LogP contribution is 2.21. The zero-order valence-corrected chi connectivity index (χ0v) is 36.0. The molecule has 1 aromatic carbocycles. The van der Waals surface area contributed by atoms with Gasteiger partial charge in [-0.3, -0.25) is 33.6 Å². The maximum Gasteiger partial charge on any atom is 0.326 e. The van der Waals surface area contributed by atoms with Gasteiger partial charge in [0.2, 0.25) is 41.4 Å². The van der Waals surface area contributed by atoms with Gasteiger partial charge in [0.1, 0.15) is 36.0 Å². The molecule has 0 radical (unpaired) electrons. The Morgan fingerprint density at radius 1 is 0.694 bits per heavy atom. The summed E-state index contributed by atoms with van der Waals surface area (Å²) in [6.45, 7) is 3.64. The van der Waals surface area contributed by atoms with Crippen LogP contribution in [0.15, 0.2) is 24.3 Å². The third-order valence-electron chi connectivity index (χ3n) is 10.4. The minimum atomic E-state index is -1.22. The predicted molar refractivity (Wildman–Crippen MR) is 229 cm³/mol. The number of carbonyl (C=O) groups is 8. The van der Waals surface area contributed by atoms with Gasteiger partial charge < -0.3 is 69.9 Å². The summed E-state index contributed by atoms with van der Waals surface area (Å²) in [5.41, 5.74) is 23.5. The summed E-state index contributed by atoms with van der Waals surface area (Å²) in [4.78, 5) is 106. The van der Waals surface area contributed by atoms with E-state index in [-0.39, 0.29) is 44.4 Å². The molecule has 0 saturated carbocycles. The van der Waals surface area contributed by atoms with E-state index in [0.29, 0.717) is 70.1 Å². The molecule has 0 aromatic heterocycles. The molecule has 0 bridgehead atoms. The summed E-state index contributed by atoms with van der Waals surface area (Å²) >= 11 is 0. The molecule has 1 aliphatic rings. The molecule has 0 spiro atoms. The maximum atomic E-state index is 13.9. The summed E-state index contributed by atoms with van der Waals surface area (Å²) in [5, 5.41) is 34.5. The van der Waals surface area contributed by atoms with Crippen molar-refractivity contribution in [3.63, 3.8) is 0 Å². The smallest absolute Gasteiger partial charge is 0.326 e. The quantitative estimate of drug-likeness (QED) is 0.0372. The highest BCUT2D eigenvalue weighted by Gasteiger charge is 2.39. The van der Waals surface area contributed by atoms with Crippen molar-refractivity contribution in [2.45, 2.75) is 127 Å². The summed E-state index contributed by atoms with van der Waals surface area (Å²) in [5.74, 6) is -6.07. The Hall–Kier alpha value is -5.38. The van der Waals surface area contributed by atoms with Crippen LogP contribution in [0.5, 0.6) is 5.75 Å². The molecule has 1 heterocycles. The van der Waals surface area contributed by atoms with Crippen molar-refractivity contribution in [3.05, 3.63) is 29.8 Å². The van der Waals surface area contributed by atoms with Gasteiger partial charge in [-0.25, -0.2) is 4.79 Å². The second kappa shape index (κ2) is 28.3. The number of likely N-dealkylation sites (tertiary alicyclic amines) is 1. The Morgan fingerprint density at radius 2 is 1.21 bits per heavy atom. The molecule has 0 aliphatic carbocycles. The molecular formula is C41H69N11O10. The van der Waals surface area contributed by atoms with Gasteiger partial charge in [0.05, 0.1) is 19.1 Å². The zero-order valence-electron chi connectivity index (χ0n) is 36.0. The number of benzene rings is 1. The summed E-state index contributed by atoms with van der Waals surface area (Å²) in [6, 6.07) is -0.203. The van der Waals surface area contributed by atoms with Gasteiger partial charge in [0.25, 0.3) is 0 Å². The number of nitrogens with zero attached hydrogens (tertiary/aromatic N) is 1. The Kier molecular flexibility index (Phi) is 24.1. The fourth-order valence-corrected chi connectivity index (χ4v) is 6.87. The van der Waals surface area contributed by atoms with Crippen molar-refractivity contribution in [3.8, 4) is 5.75 Å². The number of phenolic OH excluding ortho intramolecular Hbond substituents is 1. The van der Waals surface area contributed by atoms with E-state index in [0.717, 1.165) is 0 Å². The van der Waals surface area contributed by atoms with Gasteiger partial charge in [-0.15, -0.1) is 0 Å². The van der Waals surface area contributed by atoms with Crippen LogP contribution >= 0.6 is 0 Å². The summed E-state index contributed by atoms with van der Waals surface area (Å²) < 4.78 is 0. The molecule has 16 N–H and O–H groups in total. The number of hydrogen-bond acceptors (Lipinski definition) is 13. The molecule has 2 rings (SSSR count). The van der Waals surface area contributed by atoms with Gasteiger partial charge in [-0.2, -0.15) is 0 Å². The van der Waals surface area contributed by atoms with Crippen LogP contribution in [0.4, 0.5) is 0 Å². The number of unbranched alkanes of at least 4 members (excludes halogenated alkanes) is 3. The van der Waals surface area contributed by atoms with Crippen LogP contribution in [0.2, 0.25) is 0 Å². The van der Waals surface area contributed by atoms with Crippen LogP contribution in [0, 0.1) is 5.92 Å². The molecule has 6 atom stereocenters. The molecule has 21 heteroatoms. The minimum Gasteiger partial charge on any atom is -0.508 e. The number of amides is 7. The number of nitrogens with two attached hydrogens (primary N) is 4. The first kappa shape index (κ1) is 52.8. The van der Waals surface area contributed by atoms with Gasteiger partial charge in [0.15, 0.2) is 0 Å². The number of rotatable bonds is 29. The first-order valence-corrected chi connectivity index (χ1v) is 21.4. The minimum absolute atomic E-state index is 0.0671. The number of hydrogen-bond donors (Lipinski definition) is 12. The standard InChI is InChI=1S/C41H69N11O10/c1-25(2)35(39(59)47-24-33(54)48-29(10-3-6-18-42)37(57)50-31(41(61)62)12-5-8-20-44)51-38(58)32-13-9-21-52(32)40(60)30(11-4-7-19-43)49-34(55)23-46-36(56)28(45)22-26-14-16-27(53)17-15-26/h14-17,25,28-32,35,53H,3-13,18-24,42-45H2,1-2H3,(H,46,56)(H,47,59)(H,48,54)(H,49,55)(H,50,57)(H,51,58)(H,61,62). The van der Waals surface area contributed by atoms with Crippen LogP contribution in [0.1, 0.15) is 90.0 Å². The lowest BCUT2D eigenvalue weighted by atomic mass is 10.0. The average molecular weight is 876 g/mol. The number of carbonyl (C=O) groups excluding carboxylic acids is 7. The SMILES string of the molecule is CC(C)C(NC(=O)C1CCCN1C(=O)C(CCCCN)NC(=O)CNC(=O)C(N)Cc1ccc(O)cc1)C(=O)NCC(=O)NC(CCCCN)C(=O)NC(CCCCN)C(=O)O. The van der Waals surface area contributed by atoms with E-state index in [1.807, 2.05) is 0 Å². The Morgan fingerprint density at radius 3 is 1.74 bits per heavy atom. The third-order valence-corrected chi connectivity index (χ3v) is 10.4. The van der Waals surface area contributed by atoms with Gasteiger partial charge >= 0.3 is 5.97 Å². The molecule has 6 unspecified atom stereocenters.